The molecular weight excluding hydrogens is 247 g/mol. The standard InChI is InChI=1S/C10H10Cl2N4/c11-7-3-9(12)10(15-4-7)14-2-1-8-5-13-6-16-8/h3-6H,1-2H2,(H,13,16)(H,14,15). The minimum absolute atomic E-state index is 0.525. The number of imidazole rings is 1. The normalized spacial score (nSPS) is 10.4. The maximum Gasteiger partial charge on any atom is 0.144 e. The number of hydrogen-bond donors (Lipinski definition) is 2. The van der Waals surface area contributed by atoms with Gasteiger partial charge in [-0.15, -0.1) is 0 Å². The average molecular weight is 257 g/mol. The second-order valence-corrected chi connectivity index (χ2v) is 4.08. The molecule has 0 aliphatic heterocycles. The first-order chi connectivity index (χ1) is 7.75. The molecule has 2 aromatic heterocycles. The number of halogens is 2. The highest BCUT2D eigenvalue weighted by Gasteiger charge is 2.02. The van der Waals surface area contributed by atoms with Crippen molar-refractivity contribution in [2.45, 2.75) is 6.42 Å². The number of H-pyrrole nitrogens is 1. The molecule has 0 aliphatic rings. The molecule has 0 bridgehead atoms. The Bertz CT molecular complexity index is 456. The summed E-state index contributed by atoms with van der Waals surface area (Å²) >= 11 is 11.7. The fourth-order valence-electron chi connectivity index (χ4n) is 1.28. The summed E-state index contributed by atoms with van der Waals surface area (Å²) in [7, 11) is 0. The van der Waals surface area contributed by atoms with Crippen molar-refractivity contribution in [1.82, 2.24) is 15.0 Å². The summed E-state index contributed by atoms with van der Waals surface area (Å²) in [6.45, 7) is 0.733. The van der Waals surface area contributed by atoms with Crippen LogP contribution in [0, 0.1) is 0 Å². The predicted octanol–water partition coefficient (Wildman–Crippen LogP) is 2.77. The van der Waals surface area contributed by atoms with Crippen LogP contribution in [0.25, 0.3) is 0 Å². The van der Waals surface area contributed by atoms with Crippen molar-refractivity contribution in [3.05, 3.63) is 40.5 Å². The van der Waals surface area contributed by atoms with Crippen LogP contribution in [0.2, 0.25) is 10.0 Å². The van der Waals surface area contributed by atoms with Crippen LogP contribution in [0.4, 0.5) is 5.82 Å². The molecule has 0 spiro atoms. The van der Waals surface area contributed by atoms with Crippen LogP contribution in [0.3, 0.4) is 0 Å². The zero-order valence-electron chi connectivity index (χ0n) is 8.37. The van der Waals surface area contributed by atoms with Gasteiger partial charge >= 0.3 is 0 Å². The van der Waals surface area contributed by atoms with Crippen molar-refractivity contribution >= 4 is 29.0 Å². The van der Waals surface area contributed by atoms with E-state index in [2.05, 4.69) is 20.3 Å². The smallest absolute Gasteiger partial charge is 0.144 e. The largest absolute Gasteiger partial charge is 0.368 e. The monoisotopic (exact) mass is 256 g/mol. The zero-order chi connectivity index (χ0) is 11.4. The van der Waals surface area contributed by atoms with E-state index in [-0.39, 0.29) is 0 Å². The second-order valence-electron chi connectivity index (χ2n) is 3.24. The van der Waals surface area contributed by atoms with E-state index >= 15 is 0 Å². The quantitative estimate of drug-likeness (QED) is 0.885. The molecule has 2 rings (SSSR count). The topological polar surface area (TPSA) is 53.6 Å². The van der Waals surface area contributed by atoms with E-state index in [4.69, 9.17) is 23.2 Å². The van der Waals surface area contributed by atoms with Gasteiger partial charge in [0.05, 0.1) is 16.4 Å². The molecule has 0 saturated heterocycles. The third-order valence-corrected chi connectivity index (χ3v) is 2.54. The number of aromatic amines is 1. The van der Waals surface area contributed by atoms with E-state index < -0.39 is 0 Å². The Morgan fingerprint density at radius 2 is 2.19 bits per heavy atom. The van der Waals surface area contributed by atoms with E-state index in [0.717, 1.165) is 18.7 Å². The van der Waals surface area contributed by atoms with Crippen LogP contribution in [0.5, 0.6) is 0 Å². The lowest BCUT2D eigenvalue weighted by molar-refractivity contribution is 0.968. The molecule has 0 radical (unpaired) electrons. The number of anilines is 1. The summed E-state index contributed by atoms with van der Waals surface area (Å²) < 4.78 is 0. The molecule has 0 aromatic carbocycles. The Hall–Kier alpha value is -1.26. The van der Waals surface area contributed by atoms with Crippen LogP contribution in [-0.4, -0.2) is 21.5 Å². The molecule has 16 heavy (non-hydrogen) atoms. The lowest BCUT2D eigenvalue weighted by atomic mass is 10.3. The van der Waals surface area contributed by atoms with Crippen molar-refractivity contribution in [2.75, 3.05) is 11.9 Å². The van der Waals surface area contributed by atoms with Crippen molar-refractivity contribution in [1.29, 1.82) is 0 Å². The van der Waals surface area contributed by atoms with E-state index in [9.17, 15) is 0 Å². The van der Waals surface area contributed by atoms with Gasteiger partial charge < -0.3 is 10.3 Å². The Kier molecular flexibility index (Phi) is 3.64. The van der Waals surface area contributed by atoms with E-state index in [1.54, 1.807) is 24.8 Å². The number of pyridine rings is 1. The minimum atomic E-state index is 0.525. The second kappa shape index (κ2) is 5.18. The van der Waals surface area contributed by atoms with Crippen LogP contribution in [0.15, 0.2) is 24.8 Å². The summed E-state index contributed by atoms with van der Waals surface area (Å²) in [5.41, 5.74) is 1.07. The van der Waals surface area contributed by atoms with Gasteiger partial charge in [-0.1, -0.05) is 23.2 Å². The van der Waals surface area contributed by atoms with Gasteiger partial charge in [-0.3, -0.25) is 0 Å². The Morgan fingerprint density at radius 3 is 2.88 bits per heavy atom. The van der Waals surface area contributed by atoms with Gasteiger partial charge in [0.25, 0.3) is 0 Å². The summed E-state index contributed by atoms with van der Waals surface area (Å²) in [5.74, 6) is 0.644. The van der Waals surface area contributed by atoms with Crippen LogP contribution >= 0.6 is 23.2 Å². The summed E-state index contributed by atoms with van der Waals surface area (Å²) in [6, 6.07) is 1.66. The van der Waals surface area contributed by atoms with Crippen LogP contribution < -0.4 is 5.32 Å². The first kappa shape index (κ1) is 11.2. The first-order valence-corrected chi connectivity index (χ1v) is 5.53. The average Bonchev–Trinajstić information content (AvgIpc) is 2.74. The highest BCUT2D eigenvalue weighted by molar-refractivity contribution is 6.35. The van der Waals surface area contributed by atoms with Gasteiger partial charge in [0.2, 0.25) is 0 Å². The number of hydrogen-bond acceptors (Lipinski definition) is 3. The number of nitrogens with one attached hydrogen (secondary N) is 2. The summed E-state index contributed by atoms with van der Waals surface area (Å²) in [5, 5.41) is 4.19. The van der Waals surface area contributed by atoms with E-state index in [1.807, 2.05) is 0 Å². The van der Waals surface area contributed by atoms with Crippen molar-refractivity contribution in [2.24, 2.45) is 0 Å². The fourth-order valence-corrected chi connectivity index (χ4v) is 1.73. The number of aromatic nitrogens is 3. The lowest BCUT2D eigenvalue weighted by Crippen LogP contribution is -2.06. The highest BCUT2D eigenvalue weighted by atomic mass is 35.5. The molecule has 0 saturated carbocycles. The molecule has 2 heterocycles. The molecule has 2 N–H and O–H groups in total. The SMILES string of the molecule is Clc1cnc(NCCc2cnc[nH]2)c(Cl)c1. The molecule has 4 nitrogen and oxygen atoms in total. The molecule has 6 heteroatoms. The lowest BCUT2D eigenvalue weighted by Gasteiger charge is -2.06. The molecule has 84 valence electrons. The van der Waals surface area contributed by atoms with Gasteiger partial charge in [0, 0.05) is 31.1 Å². The Labute approximate surface area is 103 Å². The molecule has 0 unspecified atom stereocenters. The Balaban J connectivity index is 1.90. The fraction of sp³-hybridized carbons (Fsp3) is 0.200. The Morgan fingerprint density at radius 1 is 1.31 bits per heavy atom. The van der Waals surface area contributed by atoms with Crippen molar-refractivity contribution in [3.8, 4) is 0 Å². The van der Waals surface area contributed by atoms with Gasteiger partial charge in [0.15, 0.2) is 0 Å². The van der Waals surface area contributed by atoms with Crippen LogP contribution in [0.1, 0.15) is 5.69 Å². The van der Waals surface area contributed by atoms with Crippen LogP contribution in [-0.2, 0) is 6.42 Å². The number of rotatable bonds is 4. The van der Waals surface area contributed by atoms with Gasteiger partial charge in [0.1, 0.15) is 5.82 Å². The zero-order valence-corrected chi connectivity index (χ0v) is 9.89. The van der Waals surface area contributed by atoms with Gasteiger partial charge in [-0.2, -0.15) is 0 Å². The first-order valence-electron chi connectivity index (χ1n) is 4.78. The molecule has 0 fully saturated rings. The molecular formula is C10H10Cl2N4. The third-order valence-electron chi connectivity index (χ3n) is 2.05. The van der Waals surface area contributed by atoms with Gasteiger partial charge in [-0.05, 0) is 6.07 Å². The van der Waals surface area contributed by atoms with E-state index in [0.29, 0.717) is 15.9 Å². The maximum absolute atomic E-state index is 5.96. The number of nitrogens with zero attached hydrogens (tertiary/aromatic N) is 2. The summed E-state index contributed by atoms with van der Waals surface area (Å²) in [4.78, 5) is 11.1. The predicted molar refractivity (Wildman–Crippen MR) is 65.0 cm³/mol. The summed E-state index contributed by atoms with van der Waals surface area (Å²) in [6.07, 6.45) is 5.84. The highest BCUT2D eigenvalue weighted by Crippen LogP contribution is 2.22. The molecule has 0 atom stereocenters. The van der Waals surface area contributed by atoms with Crippen molar-refractivity contribution < 1.29 is 0 Å². The third kappa shape index (κ3) is 2.87. The van der Waals surface area contributed by atoms with E-state index in [1.165, 1.54) is 0 Å². The molecule has 0 aliphatic carbocycles. The maximum atomic E-state index is 5.96. The van der Waals surface area contributed by atoms with Crippen molar-refractivity contribution in [3.63, 3.8) is 0 Å². The molecule has 0 amide bonds. The minimum Gasteiger partial charge on any atom is -0.368 e. The molecule has 2 aromatic rings. The van der Waals surface area contributed by atoms with Gasteiger partial charge in [-0.25, -0.2) is 9.97 Å².